The van der Waals surface area contributed by atoms with Gasteiger partial charge in [-0.15, -0.1) is 0 Å². The van der Waals surface area contributed by atoms with Gasteiger partial charge in [-0.05, 0) is 29.8 Å². The first-order valence-corrected chi connectivity index (χ1v) is 16.1. The summed E-state index contributed by atoms with van der Waals surface area (Å²) >= 11 is 0. The first-order chi connectivity index (χ1) is 23.3. The van der Waals surface area contributed by atoms with E-state index in [9.17, 15) is 0 Å². The highest BCUT2D eigenvalue weighted by molar-refractivity contribution is 6.08. The highest BCUT2D eigenvalue weighted by Gasteiger charge is 2.22. The first-order valence-electron chi connectivity index (χ1n) is 16.1. The Bertz CT molecular complexity index is 1730. The highest BCUT2D eigenvalue weighted by Crippen LogP contribution is 2.39. The van der Waals surface area contributed by atoms with Crippen molar-refractivity contribution in [3.63, 3.8) is 0 Å². The van der Waals surface area contributed by atoms with Crippen LogP contribution in [-0.2, 0) is 26.0 Å². The van der Waals surface area contributed by atoms with Gasteiger partial charge >= 0.3 is 0 Å². The molecule has 1 aliphatic heterocycles. The largest absolute Gasteiger partial charge is 0.487 e. The van der Waals surface area contributed by atoms with Crippen LogP contribution in [0, 0.1) is 0 Å². The molecule has 0 saturated carbocycles. The van der Waals surface area contributed by atoms with E-state index in [1.54, 1.807) is 0 Å². The summed E-state index contributed by atoms with van der Waals surface area (Å²) in [5.41, 5.74) is 4.46. The topological polar surface area (TPSA) is 77.7 Å². The Balaban J connectivity index is 1.19. The van der Waals surface area contributed by atoms with Crippen molar-refractivity contribution in [3.8, 4) is 34.1 Å². The molecule has 0 bridgehead atoms. The van der Waals surface area contributed by atoms with Gasteiger partial charge in [-0.25, -0.2) is 0 Å². The van der Waals surface area contributed by atoms with E-state index in [0.29, 0.717) is 102 Å². The number of fused-ring (bicyclic) bond motifs is 4. The number of aryl methyl sites for hydroxylation is 1. The Labute approximate surface area is 275 Å². The molecule has 9 nitrogen and oxygen atoms in total. The van der Waals surface area contributed by atoms with Gasteiger partial charge in [-0.3, -0.25) is 0 Å². The second-order valence-corrected chi connectivity index (χ2v) is 10.9. The minimum Gasteiger partial charge on any atom is -0.487 e. The van der Waals surface area contributed by atoms with E-state index in [4.69, 9.17) is 37.9 Å². The zero-order valence-electron chi connectivity index (χ0n) is 26.9. The molecule has 6 rings (SSSR count). The molecule has 0 aliphatic carbocycles. The van der Waals surface area contributed by atoms with Gasteiger partial charge in [0.1, 0.15) is 33.5 Å². The van der Waals surface area contributed by atoms with Gasteiger partial charge in [0.05, 0.1) is 69.7 Å². The minimum atomic E-state index is 0.357. The summed E-state index contributed by atoms with van der Waals surface area (Å²) in [7, 11) is 2.08. The molecular weight excluding hydrogens is 598 g/mol. The van der Waals surface area contributed by atoms with Gasteiger partial charge in [0.25, 0.3) is 0 Å². The van der Waals surface area contributed by atoms with E-state index in [1.165, 1.54) is 5.39 Å². The third-order valence-corrected chi connectivity index (χ3v) is 7.82. The molecule has 9 heteroatoms. The second kappa shape index (κ2) is 16.9. The fourth-order valence-electron chi connectivity index (χ4n) is 5.60. The number of nitrogens with zero attached hydrogens (tertiary/aromatic N) is 1. The number of pyridine rings is 1. The average molecular weight is 641 g/mol. The van der Waals surface area contributed by atoms with Crippen molar-refractivity contribution >= 4 is 21.8 Å². The summed E-state index contributed by atoms with van der Waals surface area (Å²) in [5.74, 6) is 2.65. The molecule has 0 fully saturated rings. The van der Waals surface area contributed by atoms with Crippen LogP contribution in [0.3, 0.4) is 0 Å². The van der Waals surface area contributed by atoms with Crippen molar-refractivity contribution in [1.29, 1.82) is 0 Å². The summed E-state index contributed by atoms with van der Waals surface area (Å²) in [6.07, 6.45) is 0. The highest BCUT2D eigenvalue weighted by atomic mass is 16.6. The number of rotatable bonds is 1. The van der Waals surface area contributed by atoms with Crippen molar-refractivity contribution in [3.05, 3.63) is 91.0 Å². The Morgan fingerprint density at radius 3 is 1.43 bits per heavy atom. The van der Waals surface area contributed by atoms with Gasteiger partial charge in [-0.2, -0.15) is 4.57 Å². The molecule has 0 saturated heterocycles. The third kappa shape index (κ3) is 8.50. The summed E-state index contributed by atoms with van der Waals surface area (Å²) < 4.78 is 49.6. The molecule has 0 amide bonds. The van der Waals surface area contributed by atoms with E-state index in [1.807, 2.05) is 30.3 Å². The molecule has 0 atom stereocenters. The monoisotopic (exact) mass is 640 g/mol. The third-order valence-electron chi connectivity index (χ3n) is 7.82. The van der Waals surface area contributed by atoms with Crippen LogP contribution in [0.2, 0.25) is 0 Å². The molecule has 0 radical (unpaired) electrons. The summed E-state index contributed by atoms with van der Waals surface area (Å²) in [5, 5.41) is 2.24. The molecule has 5 aromatic rings. The van der Waals surface area contributed by atoms with Crippen LogP contribution in [0.5, 0.6) is 23.0 Å². The van der Waals surface area contributed by atoms with E-state index in [-0.39, 0.29) is 0 Å². The van der Waals surface area contributed by atoms with Crippen LogP contribution in [0.4, 0.5) is 0 Å². The quantitative estimate of drug-likeness (QED) is 0.169. The fraction of sp³-hybridized carbons (Fsp3) is 0.342. The van der Waals surface area contributed by atoms with Crippen LogP contribution in [-0.4, -0.2) is 79.3 Å². The molecule has 2 heterocycles. The van der Waals surface area contributed by atoms with E-state index in [0.717, 1.165) is 27.5 Å². The average Bonchev–Trinajstić information content (AvgIpc) is 3.11. The van der Waals surface area contributed by atoms with Gasteiger partial charge < -0.3 is 37.9 Å². The van der Waals surface area contributed by atoms with Crippen LogP contribution in [0.25, 0.3) is 32.9 Å². The van der Waals surface area contributed by atoms with Crippen molar-refractivity contribution in [2.75, 3.05) is 79.3 Å². The van der Waals surface area contributed by atoms with E-state index >= 15 is 0 Å². The molecule has 0 unspecified atom stereocenters. The summed E-state index contributed by atoms with van der Waals surface area (Å²) in [6.45, 7) is 5.00. The SMILES string of the molecule is C[n+]1c2ccccc2c(-c2ccccc2)c2cc3c(cc21)OCCOCCOCCOc1ccccc1OCCOCCOCCO3. The Hall–Kier alpha value is -4.41. The molecule has 0 spiro atoms. The maximum atomic E-state index is 6.32. The van der Waals surface area contributed by atoms with Crippen molar-refractivity contribution in [1.82, 2.24) is 0 Å². The first kappa shape index (κ1) is 32.5. The van der Waals surface area contributed by atoms with Crippen molar-refractivity contribution in [2.24, 2.45) is 7.05 Å². The lowest BCUT2D eigenvalue weighted by Crippen LogP contribution is -2.30. The van der Waals surface area contributed by atoms with Crippen LogP contribution in [0.15, 0.2) is 91.0 Å². The van der Waals surface area contributed by atoms with Gasteiger partial charge in [0, 0.05) is 11.6 Å². The standard InChI is InChI=1S/C38H42NO8/c1-39-32-12-6-5-11-30(32)38(29-9-3-2-4-10-29)31-27-36-37(28-33(31)39)47-26-22-43-18-16-41-20-24-45-35-14-8-7-13-34(35)44-23-19-40-15-17-42-21-25-46-36/h2-14,27-28H,15-26H2,1H3/q+1. The molecule has 47 heavy (non-hydrogen) atoms. The Kier molecular flexibility index (Phi) is 11.7. The lowest BCUT2D eigenvalue weighted by Gasteiger charge is -2.16. The molecule has 1 aromatic heterocycles. The predicted molar refractivity (Wildman–Crippen MR) is 180 cm³/mol. The number of ether oxygens (including phenoxy) is 8. The fourth-order valence-corrected chi connectivity index (χ4v) is 5.60. The number of hydrogen-bond acceptors (Lipinski definition) is 8. The summed E-state index contributed by atoms with van der Waals surface area (Å²) in [6, 6.07) is 30.7. The summed E-state index contributed by atoms with van der Waals surface area (Å²) in [4.78, 5) is 0. The Morgan fingerprint density at radius 2 is 0.851 bits per heavy atom. The van der Waals surface area contributed by atoms with Gasteiger partial charge in [-0.1, -0.05) is 54.6 Å². The van der Waals surface area contributed by atoms with Gasteiger partial charge in [0.15, 0.2) is 23.0 Å². The Morgan fingerprint density at radius 1 is 0.404 bits per heavy atom. The van der Waals surface area contributed by atoms with Crippen molar-refractivity contribution in [2.45, 2.75) is 0 Å². The van der Waals surface area contributed by atoms with Gasteiger partial charge in [0.2, 0.25) is 11.0 Å². The number of aromatic nitrogens is 1. The van der Waals surface area contributed by atoms with E-state index < -0.39 is 0 Å². The minimum absolute atomic E-state index is 0.357. The zero-order valence-corrected chi connectivity index (χ0v) is 26.9. The molecule has 0 N–H and O–H groups in total. The molecule has 246 valence electrons. The zero-order chi connectivity index (χ0) is 32.1. The maximum Gasteiger partial charge on any atom is 0.217 e. The molecule has 1 aliphatic rings. The van der Waals surface area contributed by atoms with Crippen molar-refractivity contribution < 1.29 is 42.5 Å². The second-order valence-electron chi connectivity index (χ2n) is 10.9. The lowest BCUT2D eigenvalue weighted by molar-refractivity contribution is -0.617. The number of benzene rings is 4. The van der Waals surface area contributed by atoms with Crippen LogP contribution < -0.4 is 23.5 Å². The maximum absolute atomic E-state index is 6.32. The van der Waals surface area contributed by atoms with Crippen LogP contribution >= 0.6 is 0 Å². The van der Waals surface area contributed by atoms with E-state index in [2.05, 4.69) is 72.3 Å². The lowest BCUT2D eigenvalue weighted by atomic mass is 9.95. The van der Waals surface area contributed by atoms with Crippen LogP contribution in [0.1, 0.15) is 0 Å². The number of para-hydroxylation sites is 3. The molecule has 4 aromatic carbocycles. The normalized spacial score (nSPS) is 16.4. The molecular formula is C38H42NO8+. The smallest absolute Gasteiger partial charge is 0.217 e. The predicted octanol–water partition coefficient (Wildman–Crippen LogP) is 5.78. The number of hydrogen-bond donors (Lipinski definition) is 0.